The van der Waals surface area contributed by atoms with Gasteiger partial charge in [-0.1, -0.05) is 42.5 Å². The Labute approximate surface area is 159 Å². The third-order valence-electron chi connectivity index (χ3n) is 3.96. The number of rotatable bonds is 8. The van der Waals surface area contributed by atoms with Crippen molar-refractivity contribution in [2.24, 2.45) is 0 Å². The van der Waals surface area contributed by atoms with Crippen LogP contribution in [0.3, 0.4) is 0 Å². The molecule has 0 amide bonds. The second-order valence-electron chi connectivity index (χ2n) is 6.53. The minimum absolute atomic E-state index is 0.0885. The van der Waals surface area contributed by atoms with Gasteiger partial charge in [0, 0.05) is 18.1 Å². The Hall–Kier alpha value is -3.14. The van der Waals surface area contributed by atoms with Crippen LogP contribution < -0.4 is 9.47 Å². The van der Waals surface area contributed by atoms with Crippen LogP contribution in [0.5, 0.6) is 17.4 Å². The zero-order valence-electron chi connectivity index (χ0n) is 15.6. The highest BCUT2D eigenvalue weighted by Gasteiger charge is 2.06. The summed E-state index contributed by atoms with van der Waals surface area (Å²) in [5.74, 6) is 2.12. The fourth-order valence-corrected chi connectivity index (χ4v) is 2.62. The molecule has 0 aliphatic heterocycles. The van der Waals surface area contributed by atoms with Crippen LogP contribution in [-0.2, 0) is 6.42 Å². The van der Waals surface area contributed by atoms with Crippen molar-refractivity contribution >= 4 is 5.78 Å². The molecule has 4 nitrogen and oxygen atoms in total. The first-order valence-corrected chi connectivity index (χ1v) is 9.08. The molecular weight excluding hydrogens is 338 g/mol. The van der Waals surface area contributed by atoms with Crippen LogP contribution in [0.4, 0.5) is 0 Å². The van der Waals surface area contributed by atoms with Gasteiger partial charge in [0.15, 0.2) is 5.78 Å². The van der Waals surface area contributed by atoms with Crippen molar-refractivity contribution in [2.45, 2.75) is 32.8 Å². The standard InChI is InChI=1S/C23H23NO3/c1-17(2)26-23-15-13-21(16-24-23)27-20-11-8-18(9-12-20)10-14-22(25)19-6-4-3-5-7-19/h3-9,11-13,15-17H,10,14H2,1-2H3. The smallest absolute Gasteiger partial charge is 0.213 e. The van der Waals surface area contributed by atoms with E-state index in [1.165, 1.54) is 0 Å². The maximum absolute atomic E-state index is 12.2. The van der Waals surface area contributed by atoms with Crippen molar-refractivity contribution in [1.29, 1.82) is 0 Å². The Morgan fingerprint density at radius 1 is 0.926 bits per heavy atom. The van der Waals surface area contributed by atoms with Gasteiger partial charge in [-0.25, -0.2) is 4.98 Å². The normalized spacial score (nSPS) is 10.6. The minimum Gasteiger partial charge on any atom is -0.475 e. The molecule has 0 saturated heterocycles. The number of pyridine rings is 1. The van der Waals surface area contributed by atoms with E-state index in [-0.39, 0.29) is 11.9 Å². The highest BCUT2D eigenvalue weighted by molar-refractivity contribution is 5.96. The maximum atomic E-state index is 12.2. The number of carbonyl (C=O) groups is 1. The third-order valence-corrected chi connectivity index (χ3v) is 3.96. The summed E-state index contributed by atoms with van der Waals surface area (Å²) in [4.78, 5) is 16.4. The summed E-state index contributed by atoms with van der Waals surface area (Å²) in [7, 11) is 0. The zero-order valence-corrected chi connectivity index (χ0v) is 15.6. The molecule has 0 aliphatic carbocycles. The largest absolute Gasteiger partial charge is 0.475 e. The average Bonchev–Trinajstić information content (AvgIpc) is 2.69. The summed E-state index contributed by atoms with van der Waals surface area (Å²) in [5.41, 5.74) is 1.86. The molecule has 138 valence electrons. The average molecular weight is 361 g/mol. The van der Waals surface area contributed by atoms with Crippen molar-refractivity contribution in [2.75, 3.05) is 0 Å². The minimum atomic E-state index is 0.0885. The predicted octanol–water partition coefficient (Wildman–Crippen LogP) is 5.48. The van der Waals surface area contributed by atoms with E-state index in [2.05, 4.69) is 4.98 Å². The van der Waals surface area contributed by atoms with Crippen LogP contribution in [0.1, 0.15) is 36.2 Å². The highest BCUT2D eigenvalue weighted by atomic mass is 16.5. The second kappa shape index (κ2) is 8.99. The zero-order chi connectivity index (χ0) is 19.1. The van der Waals surface area contributed by atoms with Gasteiger partial charge in [0.25, 0.3) is 0 Å². The molecule has 3 aromatic rings. The van der Waals surface area contributed by atoms with Crippen molar-refractivity contribution in [1.82, 2.24) is 4.98 Å². The number of benzene rings is 2. The van der Waals surface area contributed by atoms with Gasteiger partial charge in [0.2, 0.25) is 5.88 Å². The van der Waals surface area contributed by atoms with Crippen LogP contribution in [0, 0.1) is 0 Å². The van der Waals surface area contributed by atoms with Gasteiger partial charge in [-0.3, -0.25) is 4.79 Å². The van der Waals surface area contributed by atoms with E-state index >= 15 is 0 Å². The van der Waals surface area contributed by atoms with Crippen molar-refractivity contribution in [3.8, 4) is 17.4 Å². The van der Waals surface area contributed by atoms with Gasteiger partial charge in [-0.2, -0.15) is 0 Å². The maximum Gasteiger partial charge on any atom is 0.213 e. The van der Waals surface area contributed by atoms with Crippen LogP contribution in [0.25, 0.3) is 0 Å². The molecule has 0 radical (unpaired) electrons. The van der Waals surface area contributed by atoms with E-state index in [9.17, 15) is 4.79 Å². The van der Waals surface area contributed by atoms with Gasteiger partial charge in [-0.15, -0.1) is 0 Å². The first-order valence-electron chi connectivity index (χ1n) is 9.08. The lowest BCUT2D eigenvalue weighted by atomic mass is 10.0. The molecule has 0 fully saturated rings. The van der Waals surface area contributed by atoms with Crippen LogP contribution in [0.2, 0.25) is 0 Å². The van der Waals surface area contributed by atoms with Gasteiger partial charge < -0.3 is 9.47 Å². The van der Waals surface area contributed by atoms with Crippen LogP contribution >= 0.6 is 0 Å². The lowest BCUT2D eigenvalue weighted by Gasteiger charge is -2.10. The van der Waals surface area contributed by atoms with Crippen molar-refractivity contribution < 1.29 is 14.3 Å². The summed E-state index contributed by atoms with van der Waals surface area (Å²) in [6.07, 6.45) is 2.93. The summed E-state index contributed by atoms with van der Waals surface area (Å²) < 4.78 is 11.3. The fourth-order valence-electron chi connectivity index (χ4n) is 2.62. The van der Waals surface area contributed by atoms with Gasteiger partial charge in [0.05, 0.1) is 12.3 Å². The summed E-state index contributed by atoms with van der Waals surface area (Å²) in [6, 6.07) is 20.8. The fraction of sp³-hybridized carbons (Fsp3) is 0.217. The number of nitrogens with zero attached hydrogens (tertiary/aromatic N) is 1. The number of hydrogen-bond donors (Lipinski definition) is 0. The molecule has 0 saturated carbocycles. The van der Waals surface area contributed by atoms with Gasteiger partial charge in [0.1, 0.15) is 11.5 Å². The van der Waals surface area contributed by atoms with Crippen LogP contribution in [-0.4, -0.2) is 16.9 Å². The summed E-state index contributed by atoms with van der Waals surface area (Å²) in [6.45, 7) is 3.92. The lowest BCUT2D eigenvalue weighted by molar-refractivity contribution is 0.0983. The molecule has 0 unspecified atom stereocenters. The number of ether oxygens (including phenoxy) is 2. The molecule has 0 spiro atoms. The van der Waals surface area contributed by atoms with E-state index in [0.29, 0.717) is 24.5 Å². The number of aryl methyl sites for hydroxylation is 1. The van der Waals surface area contributed by atoms with Crippen LogP contribution in [0.15, 0.2) is 72.9 Å². The molecule has 0 atom stereocenters. The number of hydrogen-bond acceptors (Lipinski definition) is 4. The number of aromatic nitrogens is 1. The van der Waals surface area contributed by atoms with E-state index in [1.807, 2.05) is 74.5 Å². The molecular formula is C23H23NO3. The van der Waals surface area contributed by atoms with Gasteiger partial charge in [-0.05, 0) is 44.0 Å². The van der Waals surface area contributed by atoms with E-state index in [4.69, 9.17) is 9.47 Å². The summed E-state index contributed by atoms with van der Waals surface area (Å²) in [5, 5.41) is 0. The van der Waals surface area contributed by atoms with Gasteiger partial charge >= 0.3 is 0 Å². The number of carbonyl (C=O) groups excluding carboxylic acids is 1. The highest BCUT2D eigenvalue weighted by Crippen LogP contribution is 2.23. The first-order chi connectivity index (χ1) is 13.1. The van der Waals surface area contributed by atoms with E-state index < -0.39 is 0 Å². The quantitative estimate of drug-likeness (QED) is 0.499. The van der Waals surface area contributed by atoms with E-state index in [1.54, 1.807) is 12.3 Å². The molecule has 3 rings (SSSR count). The number of Topliss-reactive ketones (excluding diaryl/α,β-unsaturated/α-hetero) is 1. The predicted molar refractivity (Wildman–Crippen MR) is 106 cm³/mol. The third kappa shape index (κ3) is 5.68. The van der Waals surface area contributed by atoms with Crippen molar-refractivity contribution in [3.63, 3.8) is 0 Å². The Morgan fingerprint density at radius 3 is 2.26 bits per heavy atom. The summed E-state index contributed by atoms with van der Waals surface area (Å²) >= 11 is 0. The lowest BCUT2D eigenvalue weighted by Crippen LogP contribution is -2.06. The molecule has 1 aromatic heterocycles. The molecule has 2 aromatic carbocycles. The SMILES string of the molecule is CC(C)Oc1ccc(Oc2ccc(CCC(=O)c3ccccc3)cc2)cn1. The molecule has 4 heteroatoms. The Bertz CT molecular complexity index is 856. The van der Waals surface area contributed by atoms with E-state index in [0.717, 1.165) is 16.9 Å². The topological polar surface area (TPSA) is 48.4 Å². The molecule has 1 heterocycles. The molecule has 27 heavy (non-hydrogen) atoms. The Morgan fingerprint density at radius 2 is 1.63 bits per heavy atom. The molecule has 0 bridgehead atoms. The Balaban J connectivity index is 1.53. The Kier molecular flexibility index (Phi) is 6.21. The monoisotopic (exact) mass is 361 g/mol. The van der Waals surface area contributed by atoms with Crippen molar-refractivity contribution in [3.05, 3.63) is 84.1 Å². The second-order valence-corrected chi connectivity index (χ2v) is 6.53. The number of ketones is 1. The molecule has 0 aliphatic rings. The molecule has 0 N–H and O–H groups in total. The first kappa shape index (κ1) is 18.6.